The van der Waals surface area contributed by atoms with Gasteiger partial charge in [-0.25, -0.2) is 4.98 Å². The molecule has 0 atom stereocenters. The van der Waals surface area contributed by atoms with E-state index in [0.29, 0.717) is 5.76 Å². The predicted octanol–water partition coefficient (Wildman–Crippen LogP) is 1.18. The van der Waals surface area contributed by atoms with Gasteiger partial charge in [-0.3, -0.25) is 10.1 Å². The first-order valence-electron chi connectivity index (χ1n) is 5.42. The van der Waals surface area contributed by atoms with Gasteiger partial charge in [0.05, 0.1) is 17.2 Å². The molecule has 0 aliphatic heterocycles. The second-order valence-corrected chi connectivity index (χ2v) is 3.91. The van der Waals surface area contributed by atoms with Crippen LogP contribution in [0.2, 0.25) is 0 Å². The summed E-state index contributed by atoms with van der Waals surface area (Å²) in [4.78, 5) is 18.0. The van der Waals surface area contributed by atoms with Crippen LogP contribution in [0.15, 0.2) is 10.6 Å². The molecular formula is C10H12N6O3. The van der Waals surface area contributed by atoms with Gasteiger partial charge in [-0.05, 0) is 13.8 Å². The molecule has 2 aromatic rings. The first-order valence-corrected chi connectivity index (χ1v) is 5.42. The molecule has 0 aromatic carbocycles. The summed E-state index contributed by atoms with van der Waals surface area (Å²) < 4.78 is 4.99. The SMILES string of the molecule is Cc1cc(CNc2nc(N)nc(C)c2[N+](=O)[O-])on1. The van der Waals surface area contributed by atoms with E-state index in [1.165, 1.54) is 6.92 Å². The Bertz CT molecular complexity index is 624. The van der Waals surface area contributed by atoms with Crippen LogP contribution in [-0.2, 0) is 6.54 Å². The monoisotopic (exact) mass is 264 g/mol. The molecule has 0 radical (unpaired) electrons. The van der Waals surface area contributed by atoms with Crippen LogP contribution in [-0.4, -0.2) is 20.0 Å². The number of nitrogens with two attached hydrogens (primary N) is 1. The fourth-order valence-electron chi connectivity index (χ4n) is 1.60. The number of rotatable bonds is 4. The zero-order valence-electron chi connectivity index (χ0n) is 10.4. The maximum Gasteiger partial charge on any atom is 0.332 e. The number of nitrogen functional groups attached to an aromatic ring is 1. The molecule has 3 N–H and O–H groups in total. The van der Waals surface area contributed by atoms with Gasteiger partial charge in [-0.2, -0.15) is 4.98 Å². The Balaban J connectivity index is 2.26. The number of anilines is 2. The van der Waals surface area contributed by atoms with Gasteiger partial charge in [0, 0.05) is 6.07 Å². The molecule has 0 unspecified atom stereocenters. The molecule has 0 amide bonds. The Kier molecular flexibility index (Phi) is 3.27. The Morgan fingerprint density at radius 1 is 1.47 bits per heavy atom. The van der Waals surface area contributed by atoms with E-state index in [1.54, 1.807) is 13.0 Å². The third-order valence-corrected chi connectivity index (χ3v) is 2.37. The first-order chi connectivity index (χ1) is 8.97. The van der Waals surface area contributed by atoms with Crippen LogP contribution < -0.4 is 11.1 Å². The van der Waals surface area contributed by atoms with E-state index in [2.05, 4.69) is 20.4 Å². The number of hydrogen-bond donors (Lipinski definition) is 2. The molecule has 0 aliphatic rings. The second-order valence-electron chi connectivity index (χ2n) is 3.91. The second kappa shape index (κ2) is 4.88. The highest BCUT2D eigenvalue weighted by atomic mass is 16.6. The maximum absolute atomic E-state index is 11.0. The quantitative estimate of drug-likeness (QED) is 0.621. The lowest BCUT2D eigenvalue weighted by Crippen LogP contribution is -2.09. The van der Waals surface area contributed by atoms with Gasteiger partial charge < -0.3 is 15.6 Å². The molecule has 2 aromatic heterocycles. The highest BCUT2D eigenvalue weighted by Crippen LogP contribution is 2.26. The average molecular weight is 264 g/mol. The molecule has 19 heavy (non-hydrogen) atoms. The van der Waals surface area contributed by atoms with E-state index in [1.807, 2.05) is 0 Å². The van der Waals surface area contributed by atoms with Crippen molar-refractivity contribution in [2.75, 3.05) is 11.1 Å². The topological polar surface area (TPSA) is 133 Å². The lowest BCUT2D eigenvalue weighted by Gasteiger charge is -2.06. The summed E-state index contributed by atoms with van der Waals surface area (Å²) in [7, 11) is 0. The summed E-state index contributed by atoms with van der Waals surface area (Å²) in [5, 5.41) is 17.5. The van der Waals surface area contributed by atoms with Crippen molar-refractivity contribution >= 4 is 17.5 Å². The molecule has 2 rings (SSSR count). The largest absolute Gasteiger partial charge is 0.368 e. The molecule has 0 saturated heterocycles. The number of aromatic nitrogens is 3. The minimum Gasteiger partial charge on any atom is -0.368 e. The number of nitrogens with one attached hydrogen (secondary N) is 1. The first kappa shape index (κ1) is 12.7. The van der Waals surface area contributed by atoms with Crippen LogP contribution in [0.25, 0.3) is 0 Å². The summed E-state index contributed by atoms with van der Waals surface area (Å²) in [6.07, 6.45) is 0. The lowest BCUT2D eigenvalue weighted by molar-refractivity contribution is -0.385. The van der Waals surface area contributed by atoms with Crippen molar-refractivity contribution in [3.63, 3.8) is 0 Å². The fraction of sp³-hybridized carbons (Fsp3) is 0.300. The van der Waals surface area contributed by atoms with Crippen LogP contribution >= 0.6 is 0 Å². The van der Waals surface area contributed by atoms with E-state index in [0.717, 1.165) is 5.69 Å². The normalized spacial score (nSPS) is 10.4. The molecule has 2 heterocycles. The van der Waals surface area contributed by atoms with Gasteiger partial charge in [-0.1, -0.05) is 5.16 Å². The summed E-state index contributed by atoms with van der Waals surface area (Å²) in [6, 6.07) is 1.72. The van der Waals surface area contributed by atoms with Crippen LogP contribution in [0.3, 0.4) is 0 Å². The number of aryl methyl sites for hydroxylation is 2. The molecular weight excluding hydrogens is 252 g/mol. The highest BCUT2D eigenvalue weighted by Gasteiger charge is 2.21. The molecule has 0 fully saturated rings. The standard InChI is InChI=1S/C10H12N6O3/c1-5-3-7(19-15-5)4-12-9-8(16(17)18)6(2)13-10(11)14-9/h3H,4H2,1-2H3,(H3,11,12,13,14). The Hall–Kier alpha value is -2.71. The van der Waals surface area contributed by atoms with Crippen molar-refractivity contribution in [2.45, 2.75) is 20.4 Å². The van der Waals surface area contributed by atoms with Crippen molar-refractivity contribution in [1.29, 1.82) is 0 Å². The van der Waals surface area contributed by atoms with Crippen LogP contribution in [0.4, 0.5) is 17.5 Å². The fourth-order valence-corrected chi connectivity index (χ4v) is 1.60. The Morgan fingerprint density at radius 2 is 2.21 bits per heavy atom. The molecule has 0 saturated carbocycles. The van der Waals surface area contributed by atoms with Crippen molar-refractivity contribution in [3.05, 3.63) is 33.3 Å². The van der Waals surface area contributed by atoms with E-state index in [-0.39, 0.29) is 29.7 Å². The third kappa shape index (κ3) is 2.76. The minimum atomic E-state index is -0.553. The van der Waals surface area contributed by atoms with Gasteiger partial charge >= 0.3 is 5.69 Å². The smallest absolute Gasteiger partial charge is 0.332 e. The van der Waals surface area contributed by atoms with E-state index < -0.39 is 4.92 Å². The van der Waals surface area contributed by atoms with Crippen molar-refractivity contribution in [3.8, 4) is 0 Å². The van der Waals surface area contributed by atoms with Gasteiger partial charge in [0.15, 0.2) is 5.76 Å². The van der Waals surface area contributed by atoms with Gasteiger partial charge in [0.1, 0.15) is 5.69 Å². The molecule has 100 valence electrons. The number of nitro groups is 1. The highest BCUT2D eigenvalue weighted by molar-refractivity contribution is 5.60. The predicted molar refractivity (Wildman–Crippen MR) is 66.4 cm³/mol. The van der Waals surface area contributed by atoms with Gasteiger partial charge in [-0.15, -0.1) is 0 Å². The van der Waals surface area contributed by atoms with Gasteiger partial charge in [0.25, 0.3) is 0 Å². The molecule has 9 nitrogen and oxygen atoms in total. The Morgan fingerprint density at radius 3 is 2.79 bits per heavy atom. The van der Waals surface area contributed by atoms with E-state index in [4.69, 9.17) is 10.3 Å². The summed E-state index contributed by atoms with van der Waals surface area (Å²) in [6.45, 7) is 3.50. The molecule has 0 bridgehead atoms. The van der Waals surface area contributed by atoms with Gasteiger partial charge in [0.2, 0.25) is 11.8 Å². The zero-order valence-corrected chi connectivity index (χ0v) is 10.4. The van der Waals surface area contributed by atoms with Crippen LogP contribution in [0.5, 0.6) is 0 Å². The molecule has 0 aliphatic carbocycles. The van der Waals surface area contributed by atoms with Crippen molar-refractivity contribution in [1.82, 2.24) is 15.1 Å². The number of nitrogens with zero attached hydrogens (tertiary/aromatic N) is 4. The van der Waals surface area contributed by atoms with E-state index in [9.17, 15) is 10.1 Å². The molecule has 0 spiro atoms. The minimum absolute atomic E-state index is 0.0284. The van der Waals surface area contributed by atoms with Crippen LogP contribution in [0, 0.1) is 24.0 Å². The average Bonchev–Trinajstić information content (AvgIpc) is 2.71. The molecule has 9 heteroatoms. The zero-order chi connectivity index (χ0) is 14.0. The Labute approximate surface area is 108 Å². The summed E-state index contributed by atoms with van der Waals surface area (Å²) >= 11 is 0. The van der Waals surface area contributed by atoms with E-state index >= 15 is 0 Å². The maximum atomic E-state index is 11.0. The summed E-state index contributed by atoms with van der Waals surface area (Å²) in [5.74, 6) is 0.574. The van der Waals surface area contributed by atoms with Crippen LogP contribution in [0.1, 0.15) is 17.1 Å². The summed E-state index contributed by atoms with van der Waals surface area (Å²) in [5.41, 5.74) is 6.21. The van der Waals surface area contributed by atoms with Crippen molar-refractivity contribution < 1.29 is 9.45 Å². The lowest BCUT2D eigenvalue weighted by atomic mass is 10.3. The third-order valence-electron chi connectivity index (χ3n) is 2.37. The van der Waals surface area contributed by atoms with Crippen molar-refractivity contribution in [2.24, 2.45) is 0 Å². The number of hydrogen-bond acceptors (Lipinski definition) is 8.